The maximum absolute atomic E-state index is 11.9. The molecule has 3 rings (SSSR count). The molecule has 0 unspecified atom stereocenters. The van der Waals surface area contributed by atoms with E-state index in [1.54, 1.807) is 17.7 Å². The summed E-state index contributed by atoms with van der Waals surface area (Å²) >= 11 is 6.03. The number of hydrazine groups is 1. The van der Waals surface area contributed by atoms with Crippen LogP contribution >= 0.6 is 11.6 Å². The van der Waals surface area contributed by atoms with Crippen molar-refractivity contribution in [2.24, 2.45) is 7.05 Å². The first kappa shape index (κ1) is 12.8. The Labute approximate surface area is 121 Å². The first-order chi connectivity index (χ1) is 9.49. The van der Waals surface area contributed by atoms with Crippen molar-refractivity contribution in [2.45, 2.75) is 6.92 Å². The molecule has 0 spiro atoms. The first-order valence-corrected chi connectivity index (χ1v) is 6.59. The number of nitrogens with zero attached hydrogens (tertiary/aromatic N) is 2. The monoisotopic (exact) mass is 287 g/mol. The summed E-state index contributed by atoms with van der Waals surface area (Å²) in [5.74, 6) is 0. The van der Waals surface area contributed by atoms with Crippen molar-refractivity contribution in [3.63, 3.8) is 0 Å². The summed E-state index contributed by atoms with van der Waals surface area (Å²) in [6.45, 7) is 6.03. The number of aromatic nitrogens is 1. The van der Waals surface area contributed by atoms with Crippen molar-refractivity contribution in [1.29, 1.82) is 0 Å². The summed E-state index contributed by atoms with van der Waals surface area (Å²) in [5.41, 5.74) is 7.44. The second-order valence-corrected chi connectivity index (χ2v) is 5.23. The van der Waals surface area contributed by atoms with Gasteiger partial charge in [0, 0.05) is 29.4 Å². The molecule has 5 heteroatoms. The predicted octanol–water partition coefficient (Wildman–Crippen LogP) is 3.16. The average Bonchev–Trinajstić information content (AvgIpc) is 2.73. The highest BCUT2D eigenvalue weighted by Gasteiger charge is 2.26. The van der Waals surface area contributed by atoms with E-state index in [1.165, 1.54) is 0 Å². The quantitative estimate of drug-likeness (QED) is 0.875. The molecule has 0 fully saturated rings. The summed E-state index contributed by atoms with van der Waals surface area (Å²) in [7, 11) is 1.76. The summed E-state index contributed by atoms with van der Waals surface area (Å²) < 4.78 is 1.62. The molecule has 0 amide bonds. The van der Waals surface area contributed by atoms with Gasteiger partial charge in [-0.3, -0.25) is 15.2 Å². The Morgan fingerprint density at radius 2 is 2.05 bits per heavy atom. The number of anilines is 2. The van der Waals surface area contributed by atoms with Crippen LogP contribution < -0.4 is 16.0 Å². The average molecular weight is 288 g/mol. The third-order valence-corrected chi connectivity index (χ3v) is 3.82. The molecule has 0 bridgehead atoms. The lowest BCUT2D eigenvalue weighted by atomic mass is 10.1. The molecule has 1 aromatic carbocycles. The van der Waals surface area contributed by atoms with Crippen molar-refractivity contribution >= 4 is 28.7 Å². The summed E-state index contributed by atoms with van der Waals surface area (Å²) in [6, 6.07) is 9.06. The van der Waals surface area contributed by atoms with Gasteiger partial charge in [-0.1, -0.05) is 24.2 Å². The zero-order valence-corrected chi connectivity index (χ0v) is 12.0. The number of fused-ring (bicyclic) bond motifs is 1. The SMILES string of the molecule is C=C1c2c(cc(=O)n(C)c2C)NN1c1cccc(Cl)c1. The highest BCUT2D eigenvalue weighted by Crippen LogP contribution is 2.37. The Morgan fingerprint density at radius 1 is 1.30 bits per heavy atom. The molecular weight excluding hydrogens is 274 g/mol. The van der Waals surface area contributed by atoms with Gasteiger partial charge in [-0.15, -0.1) is 0 Å². The van der Waals surface area contributed by atoms with Crippen molar-refractivity contribution in [3.05, 3.63) is 63.5 Å². The molecule has 2 aromatic rings. The van der Waals surface area contributed by atoms with E-state index >= 15 is 0 Å². The number of nitrogens with one attached hydrogen (secondary N) is 1. The van der Waals surface area contributed by atoms with Gasteiger partial charge in [0.25, 0.3) is 5.56 Å². The molecule has 4 nitrogen and oxygen atoms in total. The fourth-order valence-corrected chi connectivity index (χ4v) is 2.59. The van der Waals surface area contributed by atoms with Gasteiger partial charge >= 0.3 is 0 Å². The highest BCUT2D eigenvalue weighted by atomic mass is 35.5. The van der Waals surface area contributed by atoms with Crippen molar-refractivity contribution in [3.8, 4) is 0 Å². The van der Waals surface area contributed by atoms with Gasteiger partial charge in [0.1, 0.15) is 0 Å². The summed E-state index contributed by atoms with van der Waals surface area (Å²) in [5, 5.41) is 2.49. The summed E-state index contributed by atoms with van der Waals surface area (Å²) in [4.78, 5) is 11.9. The van der Waals surface area contributed by atoms with Crippen molar-refractivity contribution < 1.29 is 0 Å². The van der Waals surface area contributed by atoms with E-state index in [2.05, 4.69) is 12.0 Å². The van der Waals surface area contributed by atoms with E-state index in [9.17, 15) is 4.79 Å². The largest absolute Gasteiger partial charge is 0.315 e. The van der Waals surface area contributed by atoms with Gasteiger partial charge < -0.3 is 4.57 Å². The lowest BCUT2D eigenvalue weighted by Gasteiger charge is -2.20. The maximum Gasteiger partial charge on any atom is 0.252 e. The fraction of sp³-hybridized carbons (Fsp3) is 0.133. The van der Waals surface area contributed by atoms with Crippen LogP contribution in [0.5, 0.6) is 0 Å². The van der Waals surface area contributed by atoms with Gasteiger partial charge in [-0.25, -0.2) is 0 Å². The van der Waals surface area contributed by atoms with Crippen LogP contribution in [0.25, 0.3) is 5.70 Å². The van der Waals surface area contributed by atoms with Crippen LogP contribution in [0.4, 0.5) is 11.4 Å². The molecule has 20 heavy (non-hydrogen) atoms. The number of pyridine rings is 1. The van der Waals surface area contributed by atoms with Crippen LogP contribution in [0.3, 0.4) is 0 Å². The minimum Gasteiger partial charge on any atom is -0.315 e. The molecule has 0 radical (unpaired) electrons. The minimum absolute atomic E-state index is 0.0468. The molecule has 2 heterocycles. The molecule has 0 atom stereocenters. The highest BCUT2D eigenvalue weighted by molar-refractivity contribution is 6.30. The second kappa shape index (κ2) is 4.42. The molecule has 1 aliphatic rings. The van der Waals surface area contributed by atoms with Gasteiger partial charge in [0.2, 0.25) is 0 Å². The number of benzene rings is 1. The van der Waals surface area contributed by atoms with E-state index in [1.807, 2.05) is 36.2 Å². The second-order valence-electron chi connectivity index (χ2n) is 4.79. The zero-order valence-electron chi connectivity index (χ0n) is 11.3. The molecule has 102 valence electrons. The van der Waals surface area contributed by atoms with E-state index in [-0.39, 0.29) is 5.56 Å². The van der Waals surface area contributed by atoms with Crippen LogP contribution in [0.2, 0.25) is 5.02 Å². The predicted molar refractivity (Wildman–Crippen MR) is 83.0 cm³/mol. The molecule has 0 saturated carbocycles. The molecule has 1 aromatic heterocycles. The smallest absolute Gasteiger partial charge is 0.252 e. The van der Waals surface area contributed by atoms with Crippen LogP contribution in [0, 0.1) is 6.92 Å². The number of rotatable bonds is 1. The fourth-order valence-electron chi connectivity index (χ4n) is 2.41. The summed E-state index contributed by atoms with van der Waals surface area (Å²) in [6.07, 6.45) is 0. The Kier molecular flexibility index (Phi) is 2.83. The normalized spacial score (nSPS) is 13.3. The third kappa shape index (κ3) is 1.80. The van der Waals surface area contributed by atoms with Gasteiger partial charge in [-0.05, 0) is 25.1 Å². The Balaban J connectivity index is 2.12. The Bertz CT molecular complexity index is 779. The van der Waals surface area contributed by atoms with Gasteiger partial charge in [0.05, 0.1) is 17.1 Å². The molecule has 0 saturated heterocycles. The van der Waals surface area contributed by atoms with Crippen LogP contribution in [0.15, 0.2) is 41.7 Å². The lowest BCUT2D eigenvalue weighted by molar-refractivity contribution is 0.818. The number of hydrogen-bond donors (Lipinski definition) is 1. The minimum atomic E-state index is -0.0468. The van der Waals surface area contributed by atoms with E-state index in [0.29, 0.717) is 5.02 Å². The number of hydrogen-bond acceptors (Lipinski definition) is 3. The topological polar surface area (TPSA) is 37.3 Å². The standard InChI is InChI=1S/C15H14ClN3O/c1-9-15-10(2)19(12-6-4-5-11(16)7-12)17-13(15)8-14(20)18(9)3/h4-8,17H,2H2,1,3H3. The zero-order chi connectivity index (χ0) is 14.4. The molecular formula is C15H14ClN3O. The van der Waals surface area contributed by atoms with Crippen LogP contribution in [-0.2, 0) is 7.05 Å². The first-order valence-electron chi connectivity index (χ1n) is 6.21. The van der Waals surface area contributed by atoms with Crippen molar-refractivity contribution in [1.82, 2.24) is 4.57 Å². The van der Waals surface area contributed by atoms with Gasteiger partial charge in [-0.2, -0.15) is 0 Å². The maximum atomic E-state index is 11.9. The van der Waals surface area contributed by atoms with Crippen LogP contribution in [0.1, 0.15) is 11.3 Å². The lowest BCUT2D eigenvalue weighted by Crippen LogP contribution is -2.21. The molecule has 0 aliphatic carbocycles. The third-order valence-electron chi connectivity index (χ3n) is 3.59. The molecule has 1 N–H and O–H groups in total. The van der Waals surface area contributed by atoms with Gasteiger partial charge in [0.15, 0.2) is 0 Å². The van der Waals surface area contributed by atoms with Crippen LogP contribution in [-0.4, -0.2) is 4.57 Å². The Morgan fingerprint density at radius 3 is 2.75 bits per heavy atom. The Hall–Kier alpha value is -2.20. The van der Waals surface area contributed by atoms with E-state index < -0.39 is 0 Å². The van der Waals surface area contributed by atoms with E-state index in [0.717, 1.165) is 28.3 Å². The van der Waals surface area contributed by atoms with E-state index in [4.69, 9.17) is 11.6 Å². The number of halogens is 1. The molecule has 1 aliphatic heterocycles. The van der Waals surface area contributed by atoms with Crippen molar-refractivity contribution in [2.75, 3.05) is 10.4 Å².